The molecule has 2 atom stereocenters. The van der Waals surface area contributed by atoms with Gasteiger partial charge in [0.2, 0.25) is 0 Å². The van der Waals surface area contributed by atoms with Crippen LogP contribution in [0.15, 0.2) is 12.2 Å². The molecule has 1 N–H and O–H groups in total. The Morgan fingerprint density at radius 1 is 1.43 bits per heavy atom. The largest absolute Gasteiger partial charge is 0.462 e. The highest BCUT2D eigenvalue weighted by Gasteiger charge is 2.38. The third-order valence-corrected chi connectivity index (χ3v) is 4.79. The number of aliphatic hydroxyl groups is 1. The van der Waals surface area contributed by atoms with Gasteiger partial charge in [0.05, 0.1) is 18.0 Å². The zero-order valence-corrected chi connectivity index (χ0v) is 13.4. The van der Waals surface area contributed by atoms with Crippen molar-refractivity contribution in [3.8, 4) is 0 Å². The summed E-state index contributed by atoms with van der Waals surface area (Å²) in [6.45, 7) is 6.55. The molecular weight excluding hydrogens is 296 g/mol. The maximum atomic E-state index is 11.9. The average molecular weight is 320 g/mol. The van der Waals surface area contributed by atoms with E-state index in [0.717, 1.165) is 12.8 Å². The quantitative estimate of drug-likeness (QED) is 0.331. The minimum atomic E-state index is -3.74. The van der Waals surface area contributed by atoms with Gasteiger partial charge in [0, 0.05) is 5.57 Å². The third-order valence-electron chi connectivity index (χ3n) is 3.48. The maximum absolute atomic E-state index is 11.9. The van der Waals surface area contributed by atoms with E-state index in [4.69, 9.17) is 8.92 Å². The summed E-state index contributed by atoms with van der Waals surface area (Å²) in [5.74, 6) is -0.785. The lowest BCUT2D eigenvalue weighted by atomic mass is 9.84. The van der Waals surface area contributed by atoms with Crippen molar-refractivity contribution in [1.29, 1.82) is 0 Å². The zero-order valence-electron chi connectivity index (χ0n) is 12.6. The van der Waals surface area contributed by atoms with Gasteiger partial charge in [0.1, 0.15) is 6.10 Å². The minimum Gasteiger partial charge on any atom is -0.462 e. The van der Waals surface area contributed by atoms with Crippen molar-refractivity contribution >= 4 is 16.1 Å². The molecule has 0 unspecified atom stereocenters. The molecule has 1 saturated carbocycles. The molecule has 1 fully saturated rings. The smallest absolute Gasteiger partial charge is 0.333 e. The Morgan fingerprint density at radius 3 is 2.67 bits per heavy atom. The van der Waals surface area contributed by atoms with Crippen molar-refractivity contribution < 1.29 is 27.2 Å². The first kappa shape index (κ1) is 18.1. The molecule has 1 aliphatic carbocycles. The Hall–Kier alpha value is -0.920. The second-order valence-corrected chi connectivity index (χ2v) is 7.44. The Morgan fingerprint density at radius 2 is 2.10 bits per heavy atom. The van der Waals surface area contributed by atoms with E-state index in [1.807, 2.05) is 0 Å². The van der Waals surface area contributed by atoms with Crippen LogP contribution < -0.4 is 0 Å². The van der Waals surface area contributed by atoms with Crippen molar-refractivity contribution in [1.82, 2.24) is 0 Å². The summed E-state index contributed by atoms with van der Waals surface area (Å²) >= 11 is 0. The number of carbonyl (C=O) groups excluding carboxylic acids is 1. The summed E-state index contributed by atoms with van der Waals surface area (Å²) in [4.78, 5) is 11.1. The topological polar surface area (TPSA) is 89.9 Å². The Bertz CT molecular complexity index is 480. The van der Waals surface area contributed by atoms with E-state index in [1.165, 1.54) is 6.92 Å². The van der Waals surface area contributed by atoms with Crippen LogP contribution >= 0.6 is 0 Å². The van der Waals surface area contributed by atoms with Gasteiger partial charge in [-0.15, -0.1) is 0 Å². The summed E-state index contributed by atoms with van der Waals surface area (Å²) < 4.78 is 33.7. The monoisotopic (exact) mass is 320 g/mol. The molecular formula is C14H24O6S. The van der Waals surface area contributed by atoms with E-state index in [1.54, 1.807) is 6.92 Å². The fourth-order valence-corrected chi connectivity index (χ4v) is 3.41. The summed E-state index contributed by atoms with van der Waals surface area (Å²) in [5.41, 5.74) is -0.843. The van der Waals surface area contributed by atoms with Crippen molar-refractivity contribution in [3.05, 3.63) is 12.2 Å². The van der Waals surface area contributed by atoms with Crippen LogP contribution in [0.5, 0.6) is 0 Å². The first-order chi connectivity index (χ1) is 9.64. The molecule has 6 nitrogen and oxygen atoms in total. The van der Waals surface area contributed by atoms with Crippen LogP contribution in [-0.4, -0.2) is 43.6 Å². The SMILES string of the molecule is C=C(C)C(=O)OCCCS(=O)(=O)O[C@H]1CCCC[C@@]1(C)O. The maximum Gasteiger partial charge on any atom is 0.333 e. The van der Waals surface area contributed by atoms with Gasteiger partial charge < -0.3 is 9.84 Å². The van der Waals surface area contributed by atoms with Crippen LogP contribution in [0.2, 0.25) is 0 Å². The fourth-order valence-electron chi connectivity index (χ4n) is 2.19. The number of rotatable bonds is 7. The molecule has 0 saturated heterocycles. The van der Waals surface area contributed by atoms with Crippen LogP contribution in [0.4, 0.5) is 0 Å². The van der Waals surface area contributed by atoms with Gasteiger partial charge in [-0.25, -0.2) is 4.79 Å². The lowest BCUT2D eigenvalue weighted by Gasteiger charge is -2.36. The van der Waals surface area contributed by atoms with Crippen LogP contribution in [0.25, 0.3) is 0 Å². The van der Waals surface area contributed by atoms with E-state index < -0.39 is 27.8 Å². The Labute approximate surface area is 126 Å². The molecule has 122 valence electrons. The lowest BCUT2D eigenvalue weighted by Crippen LogP contribution is -2.45. The van der Waals surface area contributed by atoms with Gasteiger partial charge in [0.15, 0.2) is 0 Å². The Balaban J connectivity index is 2.40. The molecule has 0 heterocycles. The highest BCUT2D eigenvalue weighted by Crippen LogP contribution is 2.31. The zero-order chi connectivity index (χ0) is 16.1. The van der Waals surface area contributed by atoms with Crippen LogP contribution in [-0.2, 0) is 23.8 Å². The number of ether oxygens (including phenoxy) is 1. The fraction of sp³-hybridized carbons (Fsp3) is 0.786. The van der Waals surface area contributed by atoms with Gasteiger partial charge in [-0.05, 0) is 33.1 Å². The molecule has 0 aromatic carbocycles. The Kier molecular flexibility index (Phi) is 6.37. The summed E-state index contributed by atoms with van der Waals surface area (Å²) in [6, 6.07) is 0. The third kappa shape index (κ3) is 6.15. The van der Waals surface area contributed by atoms with Gasteiger partial charge in [-0.2, -0.15) is 8.42 Å². The number of hydrogen-bond acceptors (Lipinski definition) is 6. The highest BCUT2D eigenvalue weighted by atomic mass is 32.2. The minimum absolute atomic E-state index is 0.00462. The van der Waals surface area contributed by atoms with Crippen molar-refractivity contribution in [3.63, 3.8) is 0 Å². The van der Waals surface area contributed by atoms with E-state index in [-0.39, 0.29) is 24.4 Å². The van der Waals surface area contributed by atoms with Crippen LogP contribution in [0.3, 0.4) is 0 Å². The first-order valence-corrected chi connectivity index (χ1v) is 8.68. The van der Waals surface area contributed by atoms with Gasteiger partial charge in [-0.3, -0.25) is 4.18 Å². The summed E-state index contributed by atoms with van der Waals surface area (Å²) in [5, 5.41) is 10.1. The average Bonchev–Trinajstić information content (AvgIpc) is 2.36. The molecule has 0 aliphatic heterocycles. The molecule has 0 amide bonds. The number of esters is 1. The molecule has 1 rings (SSSR count). The molecule has 21 heavy (non-hydrogen) atoms. The van der Waals surface area contributed by atoms with E-state index in [9.17, 15) is 18.3 Å². The molecule has 1 aliphatic rings. The standard InChI is InChI=1S/C14H24O6S/c1-11(2)13(15)19-9-6-10-21(17,18)20-12-7-4-5-8-14(12,3)16/h12,16H,1,4-10H2,2-3H3/t12-,14+/m0/s1. The van der Waals surface area contributed by atoms with Crippen molar-refractivity contribution in [2.24, 2.45) is 0 Å². The highest BCUT2D eigenvalue weighted by molar-refractivity contribution is 7.86. The second-order valence-electron chi connectivity index (χ2n) is 5.72. The summed E-state index contributed by atoms with van der Waals surface area (Å²) in [7, 11) is -3.74. The first-order valence-electron chi connectivity index (χ1n) is 7.10. The predicted molar refractivity (Wildman–Crippen MR) is 78.1 cm³/mol. The van der Waals surface area contributed by atoms with Crippen LogP contribution in [0, 0.1) is 0 Å². The summed E-state index contributed by atoms with van der Waals surface area (Å²) in [6.07, 6.45) is 2.21. The second kappa shape index (κ2) is 7.38. The van der Waals surface area contributed by atoms with E-state index in [2.05, 4.69) is 6.58 Å². The molecule has 0 aromatic rings. The molecule has 0 spiro atoms. The van der Waals surface area contributed by atoms with E-state index >= 15 is 0 Å². The molecule has 0 bridgehead atoms. The van der Waals surface area contributed by atoms with Gasteiger partial charge in [0.25, 0.3) is 10.1 Å². The predicted octanol–water partition coefficient (Wildman–Crippen LogP) is 1.54. The number of carbonyl (C=O) groups is 1. The molecule has 7 heteroatoms. The van der Waals surface area contributed by atoms with Crippen molar-refractivity contribution in [2.45, 2.75) is 57.7 Å². The number of hydrogen-bond donors (Lipinski definition) is 1. The van der Waals surface area contributed by atoms with Crippen molar-refractivity contribution in [2.75, 3.05) is 12.4 Å². The molecule has 0 radical (unpaired) electrons. The normalized spacial score (nSPS) is 26.3. The lowest BCUT2D eigenvalue weighted by molar-refractivity contribution is -0.138. The van der Waals surface area contributed by atoms with Gasteiger partial charge in [-0.1, -0.05) is 19.4 Å². The van der Waals surface area contributed by atoms with Gasteiger partial charge >= 0.3 is 5.97 Å². The molecule has 0 aromatic heterocycles. The van der Waals surface area contributed by atoms with E-state index in [0.29, 0.717) is 12.8 Å². The van der Waals surface area contributed by atoms with Crippen LogP contribution in [0.1, 0.15) is 46.0 Å².